The Morgan fingerprint density at radius 3 is 2.58 bits per heavy atom. The van der Waals surface area contributed by atoms with Crippen LogP contribution in [0, 0.1) is 6.92 Å². The van der Waals surface area contributed by atoms with Gasteiger partial charge >= 0.3 is 5.97 Å². The molecule has 0 saturated carbocycles. The first-order valence-corrected chi connectivity index (χ1v) is 4.34. The van der Waals surface area contributed by atoms with Crippen molar-refractivity contribution in [2.75, 3.05) is 0 Å². The topological polar surface area (TPSA) is 26.3 Å². The van der Waals surface area contributed by atoms with Crippen molar-refractivity contribution < 1.29 is 9.53 Å². The first-order valence-electron chi connectivity index (χ1n) is 4.34. The molecule has 0 rings (SSSR count). The van der Waals surface area contributed by atoms with Crippen LogP contribution in [0.3, 0.4) is 0 Å². The van der Waals surface area contributed by atoms with Crippen LogP contribution in [0.2, 0.25) is 0 Å². The summed E-state index contributed by atoms with van der Waals surface area (Å²) in [6, 6.07) is 0. The first-order chi connectivity index (χ1) is 5.61. The number of rotatable bonds is 4. The Morgan fingerprint density at radius 1 is 1.58 bits per heavy atom. The summed E-state index contributed by atoms with van der Waals surface area (Å²) in [7, 11) is 0. The summed E-state index contributed by atoms with van der Waals surface area (Å²) in [5, 5.41) is 0. The predicted molar refractivity (Wildman–Crippen MR) is 49.6 cm³/mol. The van der Waals surface area contributed by atoms with Gasteiger partial charge in [0.25, 0.3) is 0 Å². The van der Waals surface area contributed by atoms with Crippen LogP contribution in [0.25, 0.3) is 0 Å². The second-order valence-corrected chi connectivity index (χ2v) is 2.76. The minimum Gasteiger partial charge on any atom is -0.459 e. The summed E-state index contributed by atoms with van der Waals surface area (Å²) < 4.78 is 5.04. The molecular formula is C10H17O2. The maximum Gasteiger partial charge on any atom is 0.333 e. The third kappa shape index (κ3) is 4.16. The Hall–Kier alpha value is -0.790. The molecule has 0 N–H and O–H groups in total. The van der Waals surface area contributed by atoms with E-state index in [1.165, 1.54) is 0 Å². The Balaban J connectivity index is 3.95. The van der Waals surface area contributed by atoms with Gasteiger partial charge in [-0.25, -0.2) is 4.79 Å². The van der Waals surface area contributed by atoms with Crippen LogP contribution in [0.5, 0.6) is 0 Å². The normalized spacial score (nSPS) is 14.2. The van der Waals surface area contributed by atoms with Gasteiger partial charge in [0.1, 0.15) is 0 Å². The van der Waals surface area contributed by atoms with Crippen molar-refractivity contribution in [1.82, 2.24) is 0 Å². The zero-order valence-corrected chi connectivity index (χ0v) is 8.09. The molecule has 0 bridgehead atoms. The highest BCUT2D eigenvalue weighted by molar-refractivity contribution is 5.89. The van der Waals surface area contributed by atoms with Crippen molar-refractivity contribution in [1.29, 1.82) is 0 Å². The molecule has 0 fully saturated rings. The molecule has 0 amide bonds. The number of hydrogen-bond donors (Lipinski definition) is 0. The average molecular weight is 169 g/mol. The van der Waals surface area contributed by atoms with Crippen LogP contribution in [0.1, 0.15) is 33.6 Å². The molecule has 0 heterocycles. The van der Waals surface area contributed by atoms with Gasteiger partial charge in [0.15, 0.2) is 0 Å². The molecule has 0 aromatic carbocycles. The molecule has 69 valence electrons. The molecule has 0 spiro atoms. The van der Waals surface area contributed by atoms with Gasteiger partial charge in [0.2, 0.25) is 0 Å². The lowest BCUT2D eigenvalue weighted by Gasteiger charge is -2.10. The molecular weight excluding hydrogens is 152 g/mol. The van der Waals surface area contributed by atoms with E-state index in [-0.39, 0.29) is 12.1 Å². The third-order valence-corrected chi connectivity index (χ3v) is 1.60. The standard InChI is InChI=1S/C10H17O2/c1-5-7-8(3)10(11)12-9(4)6-2/h7,9H,3,5-6H2,1-2,4H3/b8-7-. The van der Waals surface area contributed by atoms with E-state index in [0.717, 1.165) is 12.8 Å². The van der Waals surface area contributed by atoms with Gasteiger partial charge in [-0.15, -0.1) is 0 Å². The summed E-state index contributed by atoms with van der Waals surface area (Å²) in [4.78, 5) is 11.1. The van der Waals surface area contributed by atoms with Crippen molar-refractivity contribution in [2.45, 2.75) is 39.7 Å². The van der Waals surface area contributed by atoms with E-state index in [9.17, 15) is 4.79 Å². The van der Waals surface area contributed by atoms with Gasteiger partial charge in [0.05, 0.1) is 6.10 Å². The van der Waals surface area contributed by atoms with Crippen molar-refractivity contribution in [3.05, 3.63) is 18.6 Å². The minimum absolute atomic E-state index is 0.0143. The quantitative estimate of drug-likeness (QED) is 0.477. The molecule has 2 heteroatoms. The van der Waals surface area contributed by atoms with Crippen LogP contribution in [0.4, 0.5) is 0 Å². The van der Waals surface area contributed by atoms with Gasteiger partial charge in [-0.05, 0) is 26.7 Å². The van der Waals surface area contributed by atoms with Gasteiger partial charge in [-0.1, -0.05) is 19.9 Å². The van der Waals surface area contributed by atoms with E-state index in [1.807, 2.05) is 20.8 Å². The SMILES string of the molecule is [CH2]/C(=C/CC)C(=O)OC(C)CC. The summed E-state index contributed by atoms with van der Waals surface area (Å²) >= 11 is 0. The Labute approximate surface area is 74.6 Å². The average Bonchev–Trinajstić information content (AvgIpc) is 2.04. The summed E-state index contributed by atoms with van der Waals surface area (Å²) in [5.41, 5.74) is 0.456. The summed E-state index contributed by atoms with van der Waals surface area (Å²) in [6.07, 6.45) is 3.41. The molecule has 0 aliphatic carbocycles. The fourth-order valence-electron chi connectivity index (χ4n) is 0.671. The number of ether oxygens (including phenoxy) is 1. The summed E-state index contributed by atoms with van der Waals surface area (Å²) in [6.45, 7) is 9.41. The number of carbonyl (C=O) groups is 1. The molecule has 1 unspecified atom stereocenters. The number of hydrogen-bond acceptors (Lipinski definition) is 2. The lowest BCUT2D eigenvalue weighted by atomic mass is 10.2. The van der Waals surface area contributed by atoms with Crippen LogP contribution in [-0.2, 0) is 9.53 Å². The summed E-state index contributed by atoms with van der Waals surface area (Å²) in [5.74, 6) is -0.300. The third-order valence-electron chi connectivity index (χ3n) is 1.60. The monoisotopic (exact) mass is 169 g/mol. The zero-order chi connectivity index (χ0) is 9.56. The number of esters is 1. The van der Waals surface area contributed by atoms with Crippen molar-refractivity contribution in [3.8, 4) is 0 Å². The van der Waals surface area contributed by atoms with Crippen LogP contribution >= 0.6 is 0 Å². The second kappa shape index (κ2) is 5.81. The van der Waals surface area contributed by atoms with Crippen molar-refractivity contribution >= 4 is 5.97 Å². The molecule has 0 saturated heterocycles. The van der Waals surface area contributed by atoms with E-state index in [1.54, 1.807) is 6.08 Å². The largest absolute Gasteiger partial charge is 0.459 e. The molecule has 12 heavy (non-hydrogen) atoms. The molecule has 0 aromatic heterocycles. The van der Waals surface area contributed by atoms with Crippen LogP contribution in [-0.4, -0.2) is 12.1 Å². The lowest BCUT2D eigenvalue weighted by molar-refractivity contribution is -0.143. The van der Waals surface area contributed by atoms with E-state index in [2.05, 4.69) is 6.92 Å². The van der Waals surface area contributed by atoms with E-state index in [0.29, 0.717) is 5.57 Å². The number of carbonyl (C=O) groups excluding carboxylic acids is 1. The molecule has 0 aliphatic heterocycles. The lowest BCUT2D eigenvalue weighted by Crippen LogP contribution is -2.14. The maximum atomic E-state index is 11.1. The Morgan fingerprint density at radius 2 is 2.17 bits per heavy atom. The maximum absolute atomic E-state index is 11.1. The van der Waals surface area contributed by atoms with Gasteiger partial charge in [-0.2, -0.15) is 0 Å². The van der Waals surface area contributed by atoms with E-state index >= 15 is 0 Å². The Kier molecular flexibility index (Phi) is 5.43. The first kappa shape index (κ1) is 11.2. The molecule has 0 aromatic rings. The van der Waals surface area contributed by atoms with Crippen molar-refractivity contribution in [2.24, 2.45) is 0 Å². The fourth-order valence-corrected chi connectivity index (χ4v) is 0.671. The van der Waals surface area contributed by atoms with E-state index in [4.69, 9.17) is 4.74 Å². The Bertz CT molecular complexity index is 171. The van der Waals surface area contributed by atoms with Crippen molar-refractivity contribution in [3.63, 3.8) is 0 Å². The second-order valence-electron chi connectivity index (χ2n) is 2.76. The fraction of sp³-hybridized carbons (Fsp3) is 0.600. The highest BCUT2D eigenvalue weighted by Gasteiger charge is 2.08. The molecule has 0 aliphatic rings. The highest BCUT2D eigenvalue weighted by Crippen LogP contribution is 2.03. The van der Waals surface area contributed by atoms with Crippen LogP contribution in [0.15, 0.2) is 11.6 Å². The number of allylic oxidation sites excluding steroid dienone is 1. The minimum atomic E-state index is -0.300. The van der Waals surface area contributed by atoms with Gasteiger partial charge < -0.3 is 4.74 Å². The predicted octanol–water partition coefficient (Wildman–Crippen LogP) is 2.50. The van der Waals surface area contributed by atoms with Gasteiger partial charge in [0, 0.05) is 5.57 Å². The highest BCUT2D eigenvalue weighted by atomic mass is 16.5. The molecule has 1 radical (unpaired) electrons. The van der Waals surface area contributed by atoms with E-state index < -0.39 is 0 Å². The molecule has 2 nitrogen and oxygen atoms in total. The molecule has 1 atom stereocenters. The van der Waals surface area contributed by atoms with Gasteiger partial charge in [-0.3, -0.25) is 0 Å². The smallest absolute Gasteiger partial charge is 0.333 e. The van der Waals surface area contributed by atoms with Crippen LogP contribution < -0.4 is 0 Å². The zero-order valence-electron chi connectivity index (χ0n) is 8.09.